The van der Waals surface area contributed by atoms with Gasteiger partial charge in [0.05, 0.1) is 13.0 Å². The monoisotopic (exact) mass is 328 g/mol. The van der Waals surface area contributed by atoms with Crippen LogP contribution in [0.1, 0.15) is 29.5 Å². The summed E-state index contributed by atoms with van der Waals surface area (Å²) in [6, 6.07) is 11.1. The summed E-state index contributed by atoms with van der Waals surface area (Å²) in [6.45, 7) is 2.23. The predicted octanol–water partition coefficient (Wildman–Crippen LogP) is 3.40. The highest BCUT2D eigenvalue weighted by Gasteiger charge is 2.24. The van der Waals surface area contributed by atoms with Crippen molar-refractivity contribution in [3.05, 3.63) is 53.1 Å². The Morgan fingerprint density at radius 3 is 2.71 bits per heavy atom. The third kappa shape index (κ3) is 3.15. The number of hydrogen-bond donors (Lipinski definition) is 1. The van der Waals surface area contributed by atoms with E-state index in [0.29, 0.717) is 23.5 Å². The molecule has 0 saturated carbocycles. The molecule has 0 aliphatic carbocycles. The fourth-order valence-corrected chi connectivity index (χ4v) is 2.95. The van der Waals surface area contributed by atoms with Crippen molar-refractivity contribution in [2.75, 3.05) is 13.9 Å². The lowest BCUT2D eigenvalue weighted by Crippen LogP contribution is -2.14. The molecule has 5 heteroatoms. The highest BCUT2D eigenvalue weighted by molar-refractivity contribution is 5.77. The molecule has 3 rings (SSSR count). The number of hydrogen-bond acceptors (Lipinski definition) is 4. The minimum Gasteiger partial charge on any atom is -0.496 e. The minimum absolute atomic E-state index is 0.175. The van der Waals surface area contributed by atoms with E-state index in [9.17, 15) is 9.90 Å². The summed E-state index contributed by atoms with van der Waals surface area (Å²) in [7, 11) is 1.64. The molecule has 0 aromatic heterocycles. The molecule has 0 bridgehead atoms. The Balaban J connectivity index is 1.88. The minimum atomic E-state index is -0.859. The van der Waals surface area contributed by atoms with E-state index in [2.05, 4.69) is 0 Å². The molecule has 2 aromatic carbocycles. The van der Waals surface area contributed by atoms with Crippen LogP contribution in [0.4, 0.5) is 0 Å². The van der Waals surface area contributed by atoms with E-state index in [4.69, 9.17) is 14.2 Å². The zero-order valence-electron chi connectivity index (χ0n) is 13.7. The number of benzene rings is 2. The molecule has 0 amide bonds. The smallest absolute Gasteiger partial charge is 0.311 e. The van der Waals surface area contributed by atoms with E-state index in [0.717, 1.165) is 23.3 Å². The van der Waals surface area contributed by atoms with Gasteiger partial charge in [-0.25, -0.2) is 0 Å². The second kappa shape index (κ2) is 6.83. The second-order valence-electron chi connectivity index (χ2n) is 5.71. The van der Waals surface area contributed by atoms with E-state index in [-0.39, 0.29) is 6.79 Å². The number of carboxylic acids is 1. The topological polar surface area (TPSA) is 65.0 Å². The number of carbonyl (C=O) groups is 1. The van der Waals surface area contributed by atoms with Gasteiger partial charge in [0.1, 0.15) is 5.75 Å². The molecule has 1 aliphatic heterocycles. The Kier molecular flexibility index (Phi) is 4.60. The summed E-state index contributed by atoms with van der Waals surface area (Å²) < 4.78 is 16.0. The molecule has 0 fully saturated rings. The lowest BCUT2D eigenvalue weighted by molar-refractivity contribution is -0.138. The molecule has 0 radical (unpaired) electrons. The Bertz CT molecular complexity index is 753. The van der Waals surface area contributed by atoms with Crippen LogP contribution in [0.5, 0.6) is 17.2 Å². The molecular weight excluding hydrogens is 308 g/mol. The van der Waals surface area contributed by atoms with Gasteiger partial charge in [0.2, 0.25) is 6.79 Å². The molecule has 1 unspecified atom stereocenters. The number of aliphatic carboxylic acids is 1. The maximum atomic E-state index is 11.8. The first-order chi connectivity index (χ1) is 11.6. The molecule has 0 saturated heterocycles. The first-order valence-electron chi connectivity index (χ1n) is 7.90. The van der Waals surface area contributed by atoms with Crippen LogP contribution in [-0.4, -0.2) is 25.0 Å². The van der Waals surface area contributed by atoms with Gasteiger partial charge in [0.15, 0.2) is 11.5 Å². The van der Waals surface area contributed by atoms with Crippen molar-refractivity contribution in [3.8, 4) is 17.2 Å². The van der Waals surface area contributed by atoms with Crippen molar-refractivity contribution in [1.29, 1.82) is 0 Å². The van der Waals surface area contributed by atoms with Crippen LogP contribution in [-0.2, 0) is 17.6 Å². The summed E-state index contributed by atoms with van der Waals surface area (Å²) in [5.41, 5.74) is 2.75. The van der Waals surface area contributed by atoms with E-state index in [1.807, 2.05) is 25.1 Å². The third-order valence-electron chi connectivity index (χ3n) is 4.26. The van der Waals surface area contributed by atoms with E-state index < -0.39 is 11.9 Å². The van der Waals surface area contributed by atoms with Crippen molar-refractivity contribution in [2.24, 2.45) is 0 Å². The van der Waals surface area contributed by atoms with Gasteiger partial charge in [-0.2, -0.15) is 0 Å². The SMILES string of the molecule is CCc1cc(CC(C(=O)O)c2ccc3c(c2)OCO3)ccc1OC. The Morgan fingerprint density at radius 1 is 1.21 bits per heavy atom. The highest BCUT2D eigenvalue weighted by atomic mass is 16.7. The lowest BCUT2D eigenvalue weighted by Gasteiger charge is -2.15. The largest absolute Gasteiger partial charge is 0.496 e. The molecule has 1 N–H and O–H groups in total. The van der Waals surface area contributed by atoms with Gasteiger partial charge < -0.3 is 19.3 Å². The van der Waals surface area contributed by atoms with Crippen LogP contribution in [0.2, 0.25) is 0 Å². The van der Waals surface area contributed by atoms with Crippen LogP contribution in [0.3, 0.4) is 0 Å². The molecule has 0 spiro atoms. The van der Waals surface area contributed by atoms with Gasteiger partial charge in [-0.3, -0.25) is 4.79 Å². The van der Waals surface area contributed by atoms with Crippen LogP contribution >= 0.6 is 0 Å². The van der Waals surface area contributed by atoms with Gasteiger partial charge in [-0.1, -0.05) is 25.1 Å². The molecule has 1 heterocycles. The van der Waals surface area contributed by atoms with Crippen molar-refractivity contribution < 1.29 is 24.1 Å². The number of aryl methyl sites for hydroxylation is 1. The number of methoxy groups -OCH3 is 1. The molecule has 1 atom stereocenters. The van der Waals surface area contributed by atoms with E-state index in [1.54, 1.807) is 25.3 Å². The average Bonchev–Trinajstić information content (AvgIpc) is 3.06. The van der Waals surface area contributed by atoms with E-state index in [1.165, 1.54) is 0 Å². The average molecular weight is 328 g/mol. The zero-order chi connectivity index (χ0) is 17.1. The first-order valence-corrected chi connectivity index (χ1v) is 7.90. The first kappa shape index (κ1) is 16.2. The standard InChI is InChI=1S/C19H20O5/c1-3-13-8-12(4-6-16(13)22-2)9-15(19(20)21)14-5-7-17-18(10-14)24-11-23-17/h4-8,10,15H,3,9,11H2,1-2H3,(H,20,21). The molecule has 1 aliphatic rings. The molecular formula is C19H20O5. The van der Waals surface area contributed by atoms with Crippen molar-refractivity contribution in [3.63, 3.8) is 0 Å². The second-order valence-corrected chi connectivity index (χ2v) is 5.71. The molecule has 2 aromatic rings. The fraction of sp³-hybridized carbons (Fsp3) is 0.316. The molecule has 24 heavy (non-hydrogen) atoms. The predicted molar refractivity (Wildman–Crippen MR) is 89.0 cm³/mol. The van der Waals surface area contributed by atoms with Crippen LogP contribution in [0.25, 0.3) is 0 Å². The number of ether oxygens (including phenoxy) is 3. The molecule has 126 valence electrons. The summed E-state index contributed by atoms with van der Waals surface area (Å²) in [5, 5.41) is 9.67. The summed E-state index contributed by atoms with van der Waals surface area (Å²) in [5.74, 6) is 0.583. The van der Waals surface area contributed by atoms with Crippen LogP contribution in [0, 0.1) is 0 Å². The summed E-state index contributed by atoms with van der Waals surface area (Å²) in [6.07, 6.45) is 1.24. The summed E-state index contributed by atoms with van der Waals surface area (Å²) >= 11 is 0. The van der Waals surface area contributed by atoms with Crippen molar-refractivity contribution >= 4 is 5.97 Å². The molecule has 5 nitrogen and oxygen atoms in total. The third-order valence-corrected chi connectivity index (χ3v) is 4.26. The van der Waals surface area contributed by atoms with Gasteiger partial charge in [-0.05, 0) is 47.7 Å². The number of carboxylic acid groups (broad SMARTS) is 1. The Hall–Kier alpha value is -2.69. The van der Waals surface area contributed by atoms with Gasteiger partial charge in [0, 0.05) is 0 Å². The van der Waals surface area contributed by atoms with Crippen LogP contribution in [0.15, 0.2) is 36.4 Å². The highest BCUT2D eigenvalue weighted by Crippen LogP contribution is 2.35. The Morgan fingerprint density at radius 2 is 2.00 bits per heavy atom. The van der Waals surface area contributed by atoms with Gasteiger partial charge >= 0.3 is 5.97 Å². The van der Waals surface area contributed by atoms with Crippen molar-refractivity contribution in [2.45, 2.75) is 25.7 Å². The summed E-state index contributed by atoms with van der Waals surface area (Å²) in [4.78, 5) is 11.8. The van der Waals surface area contributed by atoms with Gasteiger partial charge in [0.25, 0.3) is 0 Å². The number of rotatable bonds is 6. The zero-order valence-corrected chi connectivity index (χ0v) is 13.7. The Labute approximate surface area is 140 Å². The lowest BCUT2D eigenvalue weighted by atomic mass is 9.91. The number of fused-ring (bicyclic) bond motifs is 1. The van der Waals surface area contributed by atoms with Crippen LogP contribution < -0.4 is 14.2 Å². The maximum absolute atomic E-state index is 11.8. The quantitative estimate of drug-likeness (QED) is 0.880. The van der Waals surface area contributed by atoms with E-state index >= 15 is 0 Å². The fourth-order valence-electron chi connectivity index (χ4n) is 2.95. The van der Waals surface area contributed by atoms with Crippen molar-refractivity contribution in [1.82, 2.24) is 0 Å². The van der Waals surface area contributed by atoms with Gasteiger partial charge in [-0.15, -0.1) is 0 Å². The maximum Gasteiger partial charge on any atom is 0.311 e. The normalized spacial score (nSPS) is 13.6.